The normalized spacial score (nSPS) is 15.4. The van der Waals surface area contributed by atoms with E-state index in [-0.39, 0.29) is 12.1 Å². The molecule has 3 heterocycles. The molecule has 3 aromatic heterocycles. The minimum atomic E-state index is -0.198. The first-order chi connectivity index (χ1) is 11.6. The summed E-state index contributed by atoms with van der Waals surface area (Å²) in [5.41, 5.74) is 3.56. The maximum absolute atomic E-state index is 12.4. The first kappa shape index (κ1) is 15.1. The van der Waals surface area contributed by atoms with Crippen LogP contribution in [0.1, 0.15) is 35.3 Å². The second kappa shape index (κ2) is 5.90. The highest BCUT2D eigenvalue weighted by molar-refractivity contribution is 7.09. The molecule has 0 bridgehead atoms. The van der Waals surface area contributed by atoms with Crippen LogP contribution >= 0.6 is 11.3 Å². The molecule has 2 N–H and O–H groups in total. The van der Waals surface area contributed by atoms with Crippen molar-refractivity contribution in [1.82, 2.24) is 19.7 Å². The van der Waals surface area contributed by atoms with Crippen LogP contribution in [0, 0.1) is 19.8 Å². The van der Waals surface area contributed by atoms with Gasteiger partial charge in [-0.05, 0) is 44.7 Å². The molecule has 0 saturated heterocycles. The van der Waals surface area contributed by atoms with Crippen LogP contribution in [0.3, 0.4) is 0 Å². The van der Waals surface area contributed by atoms with Crippen LogP contribution in [-0.2, 0) is 0 Å². The number of anilines is 1. The molecule has 7 heteroatoms. The number of hydrogen-bond donors (Lipinski definition) is 2. The number of nitrogens with zero attached hydrogens (tertiary/aromatic N) is 3. The highest BCUT2D eigenvalue weighted by Crippen LogP contribution is 2.41. The van der Waals surface area contributed by atoms with E-state index in [1.807, 2.05) is 48.2 Å². The predicted octanol–water partition coefficient (Wildman–Crippen LogP) is 3.68. The molecular formula is C17H19N5OS. The third-order valence-electron chi connectivity index (χ3n) is 4.11. The number of thiazole rings is 1. The Morgan fingerprint density at radius 1 is 1.25 bits per heavy atom. The van der Waals surface area contributed by atoms with Crippen molar-refractivity contribution in [3.63, 3.8) is 0 Å². The lowest BCUT2D eigenvalue weighted by Crippen LogP contribution is -2.33. The number of carbonyl (C=O) groups is 1. The van der Waals surface area contributed by atoms with Gasteiger partial charge in [0.2, 0.25) is 0 Å². The Bertz CT molecular complexity index is 895. The third kappa shape index (κ3) is 3.12. The number of hydrogen-bond acceptors (Lipinski definition) is 4. The Kier molecular flexibility index (Phi) is 3.72. The van der Waals surface area contributed by atoms with E-state index in [0.29, 0.717) is 5.92 Å². The van der Waals surface area contributed by atoms with Crippen molar-refractivity contribution in [2.24, 2.45) is 5.92 Å². The number of pyridine rings is 1. The molecule has 3 aromatic rings. The van der Waals surface area contributed by atoms with Gasteiger partial charge in [0.25, 0.3) is 0 Å². The molecule has 1 aliphatic rings. The molecule has 1 unspecified atom stereocenters. The Hall–Kier alpha value is -2.41. The average Bonchev–Trinajstić information content (AvgIpc) is 3.18. The molecule has 4 rings (SSSR count). The molecule has 0 aromatic carbocycles. The fourth-order valence-electron chi connectivity index (χ4n) is 2.83. The molecule has 0 spiro atoms. The number of amides is 2. The smallest absolute Gasteiger partial charge is 0.319 e. The SMILES string of the molecule is Cc1csc(C(NC(=O)Nc2ccc3nc(C)cn3c2)C2CC2)n1. The third-order valence-corrected chi connectivity index (χ3v) is 5.16. The molecule has 24 heavy (non-hydrogen) atoms. The van der Waals surface area contributed by atoms with E-state index in [9.17, 15) is 4.79 Å². The van der Waals surface area contributed by atoms with Crippen molar-refractivity contribution in [2.75, 3.05) is 5.32 Å². The summed E-state index contributed by atoms with van der Waals surface area (Å²) in [4.78, 5) is 21.3. The maximum Gasteiger partial charge on any atom is 0.319 e. The number of carbonyl (C=O) groups excluding carboxylic acids is 1. The second-order valence-corrected chi connectivity index (χ2v) is 7.20. The van der Waals surface area contributed by atoms with E-state index < -0.39 is 0 Å². The number of nitrogens with one attached hydrogen (secondary N) is 2. The van der Waals surface area contributed by atoms with Gasteiger partial charge in [0, 0.05) is 23.5 Å². The molecule has 0 radical (unpaired) electrons. The predicted molar refractivity (Wildman–Crippen MR) is 94.4 cm³/mol. The van der Waals surface area contributed by atoms with E-state index in [4.69, 9.17) is 0 Å². The van der Waals surface area contributed by atoms with E-state index in [2.05, 4.69) is 20.6 Å². The van der Waals surface area contributed by atoms with Crippen molar-refractivity contribution in [2.45, 2.75) is 32.7 Å². The molecule has 1 aliphatic carbocycles. The molecule has 1 saturated carbocycles. The van der Waals surface area contributed by atoms with E-state index >= 15 is 0 Å². The zero-order valence-corrected chi connectivity index (χ0v) is 14.4. The summed E-state index contributed by atoms with van der Waals surface area (Å²) in [7, 11) is 0. The van der Waals surface area contributed by atoms with Gasteiger partial charge in [0.15, 0.2) is 0 Å². The van der Waals surface area contributed by atoms with Gasteiger partial charge in [-0.1, -0.05) is 0 Å². The summed E-state index contributed by atoms with van der Waals surface area (Å²) in [6.45, 7) is 3.93. The van der Waals surface area contributed by atoms with Crippen LogP contribution in [0.2, 0.25) is 0 Å². The van der Waals surface area contributed by atoms with E-state index in [1.54, 1.807) is 11.3 Å². The largest absolute Gasteiger partial charge is 0.328 e. The number of rotatable bonds is 4. The van der Waals surface area contributed by atoms with Gasteiger partial charge in [-0.25, -0.2) is 14.8 Å². The van der Waals surface area contributed by atoms with Crippen LogP contribution in [0.5, 0.6) is 0 Å². The molecular weight excluding hydrogens is 322 g/mol. The number of fused-ring (bicyclic) bond motifs is 1. The van der Waals surface area contributed by atoms with Gasteiger partial charge < -0.3 is 15.0 Å². The van der Waals surface area contributed by atoms with Crippen molar-refractivity contribution >= 4 is 28.7 Å². The Labute approximate surface area is 143 Å². The summed E-state index contributed by atoms with van der Waals surface area (Å²) in [5.74, 6) is 0.500. The molecule has 2 amide bonds. The van der Waals surface area contributed by atoms with Crippen molar-refractivity contribution in [3.05, 3.63) is 46.3 Å². The van der Waals surface area contributed by atoms with Crippen molar-refractivity contribution < 1.29 is 4.79 Å². The Morgan fingerprint density at radius 3 is 2.79 bits per heavy atom. The lowest BCUT2D eigenvalue weighted by molar-refractivity contribution is 0.247. The molecule has 0 aliphatic heterocycles. The Morgan fingerprint density at radius 2 is 2.08 bits per heavy atom. The standard InChI is InChI=1S/C17H19N5OS/c1-10-7-22-8-13(5-6-14(22)18-10)20-17(23)21-15(12-3-4-12)16-19-11(2)9-24-16/h5-9,12,15H,3-4H2,1-2H3,(H2,20,21,23). The van der Waals surface area contributed by atoms with Crippen molar-refractivity contribution in [1.29, 1.82) is 0 Å². The fourth-order valence-corrected chi connectivity index (χ4v) is 3.77. The topological polar surface area (TPSA) is 71.3 Å². The number of aromatic nitrogens is 3. The summed E-state index contributed by atoms with van der Waals surface area (Å²) in [6.07, 6.45) is 6.09. The minimum Gasteiger partial charge on any atom is -0.328 e. The quantitative estimate of drug-likeness (QED) is 0.760. The summed E-state index contributed by atoms with van der Waals surface area (Å²) >= 11 is 1.61. The van der Waals surface area contributed by atoms with Gasteiger partial charge in [0.05, 0.1) is 17.4 Å². The van der Waals surface area contributed by atoms with Crippen LogP contribution in [0.15, 0.2) is 29.9 Å². The fraction of sp³-hybridized carbons (Fsp3) is 0.353. The zero-order chi connectivity index (χ0) is 16.7. The number of urea groups is 1. The first-order valence-corrected chi connectivity index (χ1v) is 8.91. The lowest BCUT2D eigenvalue weighted by Gasteiger charge is -2.16. The van der Waals surface area contributed by atoms with Crippen LogP contribution < -0.4 is 10.6 Å². The minimum absolute atomic E-state index is 0.00270. The lowest BCUT2D eigenvalue weighted by atomic mass is 10.2. The van der Waals surface area contributed by atoms with Gasteiger partial charge in [0.1, 0.15) is 10.7 Å². The number of imidazole rings is 1. The van der Waals surface area contributed by atoms with Gasteiger partial charge in [-0.2, -0.15) is 0 Å². The van der Waals surface area contributed by atoms with Crippen molar-refractivity contribution in [3.8, 4) is 0 Å². The van der Waals surface area contributed by atoms with Crippen LogP contribution in [0.4, 0.5) is 10.5 Å². The maximum atomic E-state index is 12.4. The number of aryl methyl sites for hydroxylation is 2. The van der Waals surface area contributed by atoms with Gasteiger partial charge in [-0.15, -0.1) is 11.3 Å². The first-order valence-electron chi connectivity index (χ1n) is 8.03. The Balaban J connectivity index is 1.48. The van der Waals surface area contributed by atoms with E-state index in [1.165, 1.54) is 0 Å². The van der Waals surface area contributed by atoms with Gasteiger partial charge in [-0.3, -0.25) is 0 Å². The second-order valence-electron chi connectivity index (χ2n) is 6.31. The summed E-state index contributed by atoms with van der Waals surface area (Å²) in [5, 5.41) is 9.01. The molecule has 6 nitrogen and oxygen atoms in total. The average molecular weight is 341 g/mol. The van der Waals surface area contributed by atoms with Crippen LogP contribution in [0.25, 0.3) is 5.65 Å². The monoisotopic (exact) mass is 341 g/mol. The van der Waals surface area contributed by atoms with Gasteiger partial charge >= 0.3 is 6.03 Å². The highest BCUT2D eigenvalue weighted by Gasteiger charge is 2.35. The van der Waals surface area contributed by atoms with E-state index in [0.717, 1.165) is 40.6 Å². The summed E-state index contributed by atoms with van der Waals surface area (Å²) in [6, 6.07) is 3.56. The molecule has 124 valence electrons. The highest BCUT2D eigenvalue weighted by atomic mass is 32.1. The zero-order valence-electron chi connectivity index (χ0n) is 13.6. The summed E-state index contributed by atoms with van der Waals surface area (Å²) < 4.78 is 1.91. The molecule has 1 atom stereocenters. The molecule has 1 fully saturated rings. The van der Waals surface area contributed by atoms with Crippen LogP contribution in [-0.4, -0.2) is 20.4 Å².